The molecule has 0 heterocycles. The van der Waals surface area contributed by atoms with Gasteiger partial charge < -0.3 is 0 Å². The third kappa shape index (κ3) is 2.70. The fraction of sp³-hybridized carbons (Fsp3) is 0.769. The largest absolute Gasteiger partial charge is 0.295 e. The summed E-state index contributed by atoms with van der Waals surface area (Å²) in [5.41, 5.74) is 2.66. The molecule has 1 rings (SSSR count). The first-order valence-electron chi connectivity index (χ1n) is 5.68. The Morgan fingerprint density at radius 3 is 2.43 bits per heavy atom. The SMILES string of the molecule is CCCCC1=C(C)CC(C)(C)CC1=O. The number of allylic oxidation sites excluding steroid dienone is 2. The van der Waals surface area contributed by atoms with Crippen LogP contribution in [0.2, 0.25) is 0 Å². The number of rotatable bonds is 3. The van der Waals surface area contributed by atoms with Crippen LogP contribution in [0, 0.1) is 5.41 Å². The number of Topliss-reactive ketones (excluding diaryl/α,β-unsaturated/α-hetero) is 1. The van der Waals surface area contributed by atoms with Crippen LogP contribution in [0.25, 0.3) is 0 Å². The smallest absolute Gasteiger partial charge is 0.159 e. The minimum Gasteiger partial charge on any atom is -0.295 e. The van der Waals surface area contributed by atoms with Crippen LogP contribution in [-0.2, 0) is 4.79 Å². The summed E-state index contributed by atoms with van der Waals surface area (Å²) in [4.78, 5) is 11.9. The molecule has 0 spiro atoms. The summed E-state index contributed by atoms with van der Waals surface area (Å²) in [6, 6.07) is 0. The van der Waals surface area contributed by atoms with E-state index in [0.29, 0.717) is 5.78 Å². The molecule has 0 radical (unpaired) electrons. The maximum Gasteiger partial charge on any atom is 0.159 e. The van der Waals surface area contributed by atoms with Crippen LogP contribution < -0.4 is 0 Å². The molecule has 80 valence electrons. The fourth-order valence-electron chi connectivity index (χ4n) is 2.37. The molecule has 0 aromatic heterocycles. The van der Waals surface area contributed by atoms with Gasteiger partial charge in [0.25, 0.3) is 0 Å². The molecular weight excluding hydrogens is 172 g/mol. The molecule has 0 aliphatic heterocycles. The maximum absolute atomic E-state index is 11.9. The molecule has 1 aliphatic carbocycles. The zero-order valence-corrected chi connectivity index (χ0v) is 9.94. The molecule has 0 N–H and O–H groups in total. The van der Waals surface area contributed by atoms with Gasteiger partial charge in [0.2, 0.25) is 0 Å². The highest BCUT2D eigenvalue weighted by atomic mass is 16.1. The van der Waals surface area contributed by atoms with Crippen molar-refractivity contribution >= 4 is 5.78 Å². The fourth-order valence-corrected chi connectivity index (χ4v) is 2.37. The van der Waals surface area contributed by atoms with Gasteiger partial charge in [0.15, 0.2) is 5.78 Å². The molecule has 0 fully saturated rings. The zero-order valence-electron chi connectivity index (χ0n) is 9.94. The van der Waals surface area contributed by atoms with Gasteiger partial charge in [-0.15, -0.1) is 0 Å². The molecule has 0 aromatic carbocycles. The lowest BCUT2D eigenvalue weighted by Crippen LogP contribution is -2.25. The van der Waals surface area contributed by atoms with Gasteiger partial charge >= 0.3 is 0 Å². The number of carbonyl (C=O) groups is 1. The first kappa shape index (κ1) is 11.5. The van der Waals surface area contributed by atoms with Gasteiger partial charge in [0.05, 0.1) is 0 Å². The van der Waals surface area contributed by atoms with Gasteiger partial charge in [-0.05, 0) is 37.2 Å². The van der Waals surface area contributed by atoms with Gasteiger partial charge in [-0.3, -0.25) is 4.79 Å². The lowest BCUT2D eigenvalue weighted by molar-refractivity contribution is -0.118. The van der Waals surface area contributed by atoms with Crippen molar-refractivity contribution in [3.05, 3.63) is 11.1 Å². The number of carbonyl (C=O) groups excluding carboxylic acids is 1. The molecule has 1 heteroatoms. The van der Waals surface area contributed by atoms with E-state index in [-0.39, 0.29) is 5.41 Å². The Balaban J connectivity index is 2.77. The van der Waals surface area contributed by atoms with Crippen LogP contribution >= 0.6 is 0 Å². The van der Waals surface area contributed by atoms with Crippen LogP contribution in [0.1, 0.15) is 59.8 Å². The monoisotopic (exact) mass is 194 g/mol. The standard InChI is InChI=1S/C13H22O/c1-5-6-7-11-10(2)8-13(3,4)9-12(11)14/h5-9H2,1-4H3. The van der Waals surface area contributed by atoms with Crippen LogP contribution in [0.3, 0.4) is 0 Å². The van der Waals surface area contributed by atoms with Crippen LogP contribution in [0.5, 0.6) is 0 Å². The molecule has 0 aromatic rings. The summed E-state index contributed by atoms with van der Waals surface area (Å²) < 4.78 is 0. The molecule has 0 atom stereocenters. The van der Waals surface area contributed by atoms with Crippen molar-refractivity contribution in [3.63, 3.8) is 0 Å². The average Bonchev–Trinajstić information content (AvgIpc) is 2.00. The summed E-state index contributed by atoms with van der Waals surface area (Å²) in [6.07, 6.45) is 5.16. The van der Waals surface area contributed by atoms with E-state index in [1.54, 1.807) is 0 Å². The van der Waals surface area contributed by atoms with E-state index in [0.717, 1.165) is 31.3 Å². The minimum atomic E-state index is 0.191. The van der Waals surface area contributed by atoms with Crippen molar-refractivity contribution in [2.75, 3.05) is 0 Å². The van der Waals surface area contributed by atoms with Gasteiger partial charge in [0, 0.05) is 6.42 Å². The van der Waals surface area contributed by atoms with Gasteiger partial charge in [-0.25, -0.2) is 0 Å². The average molecular weight is 194 g/mol. The topological polar surface area (TPSA) is 17.1 Å². The van der Waals surface area contributed by atoms with E-state index in [1.807, 2.05) is 0 Å². The molecule has 0 unspecified atom stereocenters. The van der Waals surface area contributed by atoms with Crippen molar-refractivity contribution in [2.24, 2.45) is 5.41 Å². The second-order valence-corrected chi connectivity index (χ2v) is 5.30. The zero-order chi connectivity index (χ0) is 10.8. The van der Waals surface area contributed by atoms with E-state index >= 15 is 0 Å². The molecule has 0 saturated heterocycles. The van der Waals surface area contributed by atoms with E-state index in [9.17, 15) is 4.79 Å². The Kier molecular flexibility index (Phi) is 3.52. The third-order valence-electron chi connectivity index (χ3n) is 3.01. The minimum absolute atomic E-state index is 0.191. The van der Waals surface area contributed by atoms with Crippen LogP contribution in [0.4, 0.5) is 0 Å². The molecular formula is C13H22O. The van der Waals surface area contributed by atoms with E-state index in [1.165, 1.54) is 12.0 Å². The van der Waals surface area contributed by atoms with Crippen molar-refractivity contribution in [2.45, 2.75) is 59.8 Å². The second kappa shape index (κ2) is 4.29. The first-order valence-corrected chi connectivity index (χ1v) is 5.68. The van der Waals surface area contributed by atoms with E-state index in [2.05, 4.69) is 27.7 Å². The number of hydrogen-bond donors (Lipinski definition) is 0. The molecule has 0 saturated carbocycles. The maximum atomic E-state index is 11.9. The predicted molar refractivity (Wildman–Crippen MR) is 60.2 cm³/mol. The van der Waals surface area contributed by atoms with Crippen molar-refractivity contribution < 1.29 is 4.79 Å². The number of hydrogen-bond acceptors (Lipinski definition) is 1. The molecule has 0 amide bonds. The van der Waals surface area contributed by atoms with Gasteiger partial charge in [-0.2, -0.15) is 0 Å². The van der Waals surface area contributed by atoms with Crippen molar-refractivity contribution in [1.82, 2.24) is 0 Å². The second-order valence-electron chi connectivity index (χ2n) is 5.30. The summed E-state index contributed by atoms with van der Waals surface area (Å²) in [7, 11) is 0. The highest BCUT2D eigenvalue weighted by Gasteiger charge is 2.30. The highest BCUT2D eigenvalue weighted by Crippen LogP contribution is 2.37. The molecule has 14 heavy (non-hydrogen) atoms. The highest BCUT2D eigenvalue weighted by molar-refractivity contribution is 5.97. The third-order valence-corrected chi connectivity index (χ3v) is 3.01. The summed E-state index contributed by atoms with van der Waals surface area (Å²) >= 11 is 0. The summed E-state index contributed by atoms with van der Waals surface area (Å²) in [5, 5.41) is 0. The summed E-state index contributed by atoms with van der Waals surface area (Å²) in [5.74, 6) is 0.396. The molecule has 1 aliphatic rings. The lowest BCUT2D eigenvalue weighted by atomic mass is 9.73. The Morgan fingerprint density at radius 2 is 1.93 bits per heavy atom. The quantitative estimate of drug-likeness (QED) is 0.666. The van der Waals surface area contributed by atoms with Crippen molar-refractivity contribution in [3.8, 4) is 0 Å². The normalized spacial score (nSPS) is 21.6. The Hall–Kier alpha value is -0.590. The first-order chi connectivity index (χ1) is 6.46. The molecule has 1 nitrogen and oxygen atoms in total. The number of unbranched alkanes of at least 4 members (excludes halogenated alkanes) is 1. The Bertz CT molecular complexity index is 258. The predicted octanol–water partition coefficient (Wildman–Crippen LogP) is 3.88. The lowest BCUT2D eigenvalue weighted by Gasteiger charge is -2.31. The molecule has 0 bridgehead atoms. The van der Waals surface area contributed by atoms with Crippen molar-refractivity contribution in [1.29, 1.82) is 0 Å². The summed E-state index contributed by atoms with van der Waals surface area (Å²) in [6.45, 7) is 8.67. The van der Waals surface area contributed by atoms with Gasteiger partial charge in [-0.1, -0.05) is 32.8 Å². The van der Waals surface area contributed by atoms with E-state index in [4.69, 9.17) is 0 Å². The van der Waals surface area contributed by atoms with Crippen LogP contribution in [0.15, 0.2) is 11.1 Å². The number of ketones is 1. The Labute approximate surface area is 87.6 Å². The van der Waals surface area contributed by atoms with Gasteiger partial charge in [0.1, 0.15) is 0 Å². The van der Waals surface area contributed by atoms with E-state index < -0.39 is 0 Å². The van der Waals surface area contributed by atoms with Crippen LogP contribution in [-0.4, -0.2) is 5.78 Å². The Morgan fingerprint density at radius 1 is 1.29 bits per heavy atom.